The lowest BCUT2D eigenvalue weighted by atomic mass is 10.2. The minimum atomic E-state index is -3.73. The molecule has 0 unspecified atom stereocenters. The maximum Gasteiger partial charge on any atom is 0.315 e. The van der Waals surface area contributed by atoms with Crippen molar-refractivity contribution in [3.8, 4) is 0 Å². The van der Waals surface area contributed by atoms with E-state index >= 15 is 0 Å². The molecule has 1 heterocycles. The van der Waals surface area contributed by atoms with E-state index in [2.05, 4.69) is 4.98 Å². The molecule has 0 aliphatic rings. The van der Waals surface area contributed by atoms with Crippen molar-refractivity contribution in [2.24, 2.45) is 0 Å². The molecule has 0 bridgehead atoms. The van der Waals surface area contributed by atoms with Gasteiger partial charge in [0.25, 0.3) is 0 Å². The topological polar surface area (TPSA) is 56.3 Å². The second-order valence-electron chi connectivity index (χ2n) is 3.82. The molecule has 1 rings (SSSR count). The molecule has 14 heavy (non-hydrogen) atoms. The van der Waals surface area contributed by atoms with Gasteiger partial charge in [-0.2, -0.15) is 8.42 Å². The Morgan fingerprint density at radius 3 is 2.36 bits per heavy atom. The van der Waals surface area contributed by atoms with Crippen LogP contribution in [0.4, 0.5) is 0 Å². The van der Waals surface area contributed by atoms with Gasteiger partial charge in [0, 0.05) is 6.20 Å². The number of aromatic nitrogens is 1. The fraction of sp³-hybridized carbons (Fsp3) is 0.444. The monoisotopic (exact) mass is 215 g/mol. The van der Waals surface area contributed by atoms with Crippen molar-refractivity contribution in [2.45, 2.75) is 31.4 Å². The number of hydrogen-bond donors (Lipinski definition) is 0. The van der Waals surface area contributed by atoms with Crippen LogP contribution in [0.3, 0.4) is 0 Å². The van der Waals surface area contributed by atoms with Crippen LogP contribution < -0.4 is 0 Å². The lowest BCUT2D eigenvalue weighted by molar-refractivity contribution is 0.139. The highest BCUT2D eigenvalue weighted by molar-refractivity contribution is 7.86. The van der Waals surface area contributed by atoms with Gasteiger partial charge in [0.1, 0.15) is 0 Å². The van der Waals surface area contributed by atoms with Gasteiger partial charge in [0.2, 0.25) is 0 Å². The van der Waals surface area contributed by atoms with Crippen LogP contribution in [-0.2, 0) is 14.3 Å². The smallest absolute Gasteiger partial charge is 0.259 e. The number of hydrogen-bond acceptors (Lipinski definition) is 4. The van der Waals surface area contributed by atoms with Crippen LogP contribution in [-0.4, -0.2) is 19.0 Å². The van der Waals surface area contributed by atoms with E-state index < -0.39 is 15.7 Å². The Hall–Kier alpha value is -0.940. The van der Waals surface area contributed by atoms with Crippen molar-refractivity contribution < 1.29 is 12.6 Å². The largest absolute Gasteiger partial charge is 0.315 e. The Balaban J connectivity index is 2.99. The third kappa shape index (κ3) is 3.08. The molecule has 0 amide bonds. The van der Waals surface area contributed by atoms with Gasteiger partial charge in [-0.05, 0) is 32.9 Å². The van der Waals surface area contributed by atoms with E-state index in [9.17, 15) is 8.42 Å². The van der Waals surface area contributed by atoms with Gasteiger partial charge < -0.3 is 0 Å². The number of pyridine rings is 1. The summed E-state index contributed by atoms with van der Waals surface area (Å²) in [7, 11) is -3.73. The summed E-state index contributed by atoms with van der Waals surface area (Å²) in [5.41, 5.74) is -0.740. The lowest BCUT2D eigenvalue weighted by Gasteiger charge is -2.18. The van der Waals surface area contributed by atoms with Gasteiger partial charge in [-0.25, -0.2) is 4.98 Å². The minimum absolute atomic E-state index is 0.0603. The summed E-state index contributed by atoms with van der Waals surface area (Å²) in [5.74, 6) is 0. The molecule has 1 aromatic heterocycles. The normalized spacial score (nSPS) is 12.8. The summed E-state index contributed by atoms with van der Waals surface area (Å²) in [4.78, 5) is 3.72. The quantitative estimate of drug-likeness (QED) is 0.703. The molecular weight excluding hydrogens is 202 g/mol. The average molecular weight is 215 g/mol. The molecule has 0 fully saturated rings. The predicted molar refractivity (Wildman–Crippen MR) is 52.3 cm³/mol. The first-order valence-electron chi connectivity index (χ1n) is 4.18. The van der Waals surface area contributed by atoms with Crippen molar-refractivity contribution in [3.05, 3.63) is 24.4 Å². The molecule has 1 aromatic rings. The maximum atomic E-state index is 11.6. The highest BCUT2D eigenvalue weighted by Crippen LogP contribution is 2.17. The van der Waals surface area contributed by atoms with E-state index in [0.717, 1.165) is 0 Å². The molecule has 0 aliphatic heterocycles. The SMILES string of the molecule is CC(C)(C)OS(=O)(=O)c1ccccn1. The molecule has 0 aliphatic carbocycles. The molecule has 0 spiro atoms. The molecular formula is C9H13NO3S. The summed E-state index contributed by atoms with van der Waals surface area (Å²) in [5, 5.41) is -0.0603. The molecule has 0 radical (unpaired) electrons. The maximum absolute atomic E-state index is 11.6. The Kier molecular flexibility index (Phi) is 2.92. The van der Waals surface area contributed by atoms with Crippen LogP contribution in [0.25, 0.3) is 0 Å². The van der Waals surface area contributed by atoms with Gasteiger partial charge in [-0.15, -0.1) is 0 Å². The zero-order valence-corrected chi connectivity index (χ0v) is 9.21. The van der Waals surface area contributed by atoms with Gasteiger partial charge in [-0.1, -0.05) is 6.07 Å². The molecule has 78 valence electrons. The standard InChI is InChI=1S/C9H13NO3S/c1-9(2,3)13-14(11,12)8-6-4-5-7-10-8/h4-7H,1-3H3. The first-order valence-corrected chi connectivity index (χ1v) is 5.59. The Morgan fingerprint density at radius 2 is 1.93 bits per heavy atom. The second-order valence-corrected chi connectivity index (χ2v) is 5.31. The van der Waals surface area contributed by atoms with Crippen LogP contribution in [0, 0.1) is 0 Å². The van der Waals surface area contributed by atoms with Crippen molar-refractivity contribution >= 4 is 10.1 Å². The lowest BCUT2D eigenvalue weighted by Crippen LogP contribution is -2.24. The predicted octanol–water partition coefficient (Wildman–Crippen LogP) is 1.59. The zero-order chi connectivity index (χ0) is 10.8. The van der Waals surface area contributed by atoms with Crippen molar-refractivity contribution in [2.75, 3.05) is 0 Å². The fourth-order valence-corrected chi connectivity index (χ4v) is 2.05. The molecule has 4 nitrogen and oxygen atoms in total. The molecule has 5 heteroatoms. The van der Waals surface area contributed by atoms with E-state index in [1.54, 1.807) is 32.9 Å². The van der Waals surface area contributed by atoms with Gasteiger partial charge in [0.15, 0.2) is 5.03 Å². The van der Waals surface area contributed by atoms with E-state index in [4.69, 9.17) is 4.18 Å². The van der Waals surface area contributed by atoms with Crippen molar-refractivity contribution in [1.29, 1.82) is 0 Å². The van der Waals surface area contributed by atoms with Gasteiger partial charge >= 0.3 is 10.1 Å². The first-order chi connectivity index (χ1) is 6.31. The van der Waals surface area contributed by atoms with Crippen LogP contribution in [0.15, 0.2) is 29.4 Å². The third-order valence-electron chi connectivity index (χ3n) is 1.25. The molecule has 0 aromatic carbocycles. The molecule has 0 atom stereocenters. The summed E-state index contributed by atoms with van der Waals surface area (Å²) < 4.78 is 28.0. The summed E-state index contributed by atoms with van der Waals surface area (Å²) in [6.07, 6.45) is 1.42. The molecule has 0 saturated heterocycles. The van der Waals surface area contributed by atoms with Gasteiger partial charge in [-0.3, -0.25) is 4.18 Å². The third-order valence-corrected chi connectivity index (χ3v) is 2.73. The molecule has 0 saturated carbocycles. The van der Waals surface area contributed by atoms with E-state index in [-0.39, 0.29) is 5.03 Å². The molecule has 0 N–H and O–H groups in total. The summed E-state index contributed by atoms with van der Waals surface area (Å²) >= 11 is 0. The Bertz CT molecular complexity index is 392. The Morgan fingerprint density at radius 1 is 1.29 bits per heavy atom. The van der Waals surface area contributed by atoms with E-state index in [1.165, 1.54) is 12.3 Å². The van der Waals surface area contributed by atoms with E-state index in [0.29, 0.717) is 0 Å². The highest BCUT2D eigenvalue weighted by Gasteiger charge is 2.24. The second kappa shape index (κ2) is 3.67. The van der Waals surface area contributed by atoms with Crippen molar-refractivity contribution in [3.63, 3.8) is 0 Å². The Labute approximate surface area is 84.1 Å². The summed E-state index contributed by atoms with van der Waals surface area (Å²) in [6.45, 7) is 5.02. The first kappa shape index (κ1) is 11.1. The van der Waals surface area contributed by atoms with Crippen LogP contribution in [0.2, 0.25) is 0 Å². The summed E-state index contributed by atoms with van der Waals surface area (Å²) in [6, 6.07) is 4.66. The van der Waals surface area contributed by atoms with E-state index in [1.807, 2.05) is 0 Å². The average Bonchev–Trinajstić information content (AvgIpc) is 2.01. The van der Waals surface area contributed by atoms with Gasteiger partial charge in [0.05, 0.1) is 5.60 Å². The fourth-order valence-electron chi connectivity index (χ4n) is 0.867. The van der Waals surface area contributed by atoms with Crippen molar-refractivity contribution in [1.82, 2.24) is 4.98 Å². The zero-order valence-electron chi connectivity index (χ0n) is 8.39. The van der Waals surface area contributed by atoms with Crippen LogP contribution in [0.5, 0.6) is 0 Å². The van der Waals surface area contributed by atoms with Crippen LogP contribution >= 0.6 is 0 Å². The highest BCUT2D eigenvalue weighted by atomic mass is 32.2. The van der Waals surface area contributed by atoms with Crippen LogP contribution in [0.1, 0.15) is 20.8 Å². The number of nitrogens with zero attached hydrogens (tertiary/aromatic N) is 1. The minimum Gasteiger partial charge on any atom is -0.259 e. The number of rotatable bonds is 2.